The number of anilines is 1. The molecule has 1 N–H and O–H groups in total. The van der Waals surface area contributed by atoms with E-state index in [-0.39, 0.29) is 28.6 Å². The van der Waals surface area contributed by atoms with Gasteiger partial charge in [0.05, 0.1) is 26.9 Å². The van der Waals surface area contributed by atoms with Gasteiger partial charge in [0, 0.05) is 32.0 Å². The largest absolute Gasteiger partial charge is 0.478 e. The molecule has 0 aliphatic rings. The predicted molar refractivity (Wildman–Crippen MR) is 78.0 cm³/mol. The second kappa shape index (κ2) is 6.27. The molecule has 8 nitrogen and oxygen atoms in total. The number of sulfone groups is 1. The van der Waals surface area contributed by atoms with E-state index in [1.165, 1.54) is 11.9 Å². The predicted octanol–water partition coefficient (Wildman–Crippen LogP) is 1.43. The number of hydrogen-bond acceptors (Lipinski definition) is 6. The number of carboxylic acids is 1. The van der Waals surface area contributed by atoms with Crippen LogP contribution in [0, 0.1) is 10.1 Å². The summed E-state index contributed by atoms with van der Waals surface area (Å²) in [6.45, 7) is 0.0106. The number of non-ortho nitro benzene ring substituents is 1. The first-order valence-corrected chi connectivity index (χ1v) is 8.07. The Kier molecular flexibility index (Phi) is 5.13. The summed E-state index contributed by atoms with van der Waals surface area (Å²) in [5, 5.41) is 19.7. The van der Waals surface area contributed by atoms with Gasteiger partial charge in [-0.3, -0.25) is 10.1 Å². The molecule has 21 heavy (non-hydrogen) atoms. The topological polar surface area (TPSA) is 118 Å². The van der Waals surface area contributed by atoms with Crippen molar-refractivity contribution < 1.29 is 23.2 Å². The van der Waals surface area contributed by atoms with Crippen molar-refractivity contribution in [3.8, 4) is 0 Å². The first kappa shape index (κ1) is 17.2. The molecule has 0 aliphatic heterocycles. The van der Waals surface area contributed by atoms with Gasteiger partial charge in [-0.15, -0.1) is 0 Å². The number of nitro groups is 1. The monoisotopic (exact) mass is 336 g/mol. The molecular formula is C11H13ClN2O6S. The van der Waals surface area contributed by atoms with Crippen LogP contribution in [0.3, 0.4) is 0 Å². The van der Waals surface area contributed by atoms with Crippen LogP contribution in [0.5, 0.6) is 0 Å². The highest BCUT2D eigenvalue weighted by Crippen LogP contribution is 2.33. The lowest BCUT2D eigenvalue weighted by Gasteiger charge is -2.22. The van der Waals surface area contributed by atoms with E-state index in [0.717, 1.165) is 18.4 Å². The summed E-state index contributed by atoms with van der Waals surface area (Å²) in [5.74, 6) is -1.59. The third-order valence-corrected chi connectivity index (χ3v) is 3.88. The highest BCUT2D eigenvalue weighted by molar-refractivity contribution is 7.90. The molecule has 0 fully saturated rings. The Hall–Kier alpha value is -1.87. The van der Waals surface area contributed by atoms with Crippen LogP contribution in [0.2, 0.25) is 5.02 Å². The van der Waals surface area contributed by atoms with Gasteiger partial charge in [-0.2, -0.15) is 0 Å². The Morgan fingerprint density at radius 1 is 1.48 bits per heavy atom. The maximum Gasteiger partial charge on any atom is 0.338 e. The molecule has 1 aromatic carbocycles. The van der Waals surface area contributed by atoms with Crippen LogP contribution >= 0.6 is 11.6 Å². The van der Waals surface area contributed by atoms with Crippen LogP contribution in [-0.4, -0.2) is 50.0 Å². The van der Waals surface area contributed by atoms with E-state index in [9.17, 15) is 23.3 Å². The quantitative estimate of drug-likeness (QED) is 0.616. The summed E-state index contributed by atoms with van der Waals surface area (Å²) in [6, 6.07) is 1.92. The number of carboxylic acid groups (broad SMARTS) is 1. The minimum absolute atomic E-state index is 0.0106. The normalized spacial score (nSPS) is 11.2. The van der Waals surface area contributed by atoms with Gasteiger partial charge in [-0.1, -0.05) is 11.6 Å². The summed E-state index contributed by atoms with van der Waals surface area (Å²) in [7, 11) is -1.77. The van der Waals surface area contributed by atoms with Crippen LogP contribution in [0.4, 0.5) is 11.4 Å². The average molecular weight is 337 g/mol. The molecule has 0 atom stereocenters. The van der Waals surface area contributed by atoms with Crippen LogP contribution in [0.1, 0.15) is 10.4 Å². The van der Waals surface area contributed by atoms with Gasteiger partial charge in [0.25, 0.3) is 5.69 Å². The number of carbonyl (C=O) groups is 1. The van der Waals surface area contributed by atoms with Gasteiger partial charge >= 0.3 is 5.97 Å². The number of hydrogen-bond donors (Lipinski definition) is 1. The molecule has 0 radical (unpaired) electrons. The van der Waals surface area contributed by atoms with Crippen molar-refractivity contribution in [1.82, 2.24) is 0 Å². The Morgan fingerprint density at radius 3 is 2.48 bits per heavy atom. The minimum atomic E-state index is -3.24. The zero-order valence-electron chi connectivity index (χ0n) is 11.2. The molecule has 0 saturated heterocycles. The summed E-state index contributed by atoms with van der Waals surface area (Å²) in [4.78, 5) is 22.5. The van der Waals surface area contributed by atoms with Crippen molar-refractivity contribution >= 4 is 38.8 Å². The van der Waals surface area contributed by atoms with Gasteiger partial charge in [0.15, 0.2) is 0 Å². The molecule has 0 saturated carbocycles. The van der Waals surface area contributed by atoms with Crippen LogP contribution in [-0.2, 0) is 9.84 Å². The van der Waals surface area contributed by atoms with E-state index in [4.69, 9.17) is 16.7 Å². The Labute approximate surface area is 126 Å². The Bertz CT molecular complexity index is 688. The number of nitro benzene ring substituents is 1. The van der Waals surface area contributed by atoms with Crippen molar-refractivity contribution in [1.29, 1.82) is 0 Å². The third kappa shape index (κ3) is 4.57. The van der Waals surface area contributed by atoms with Crippen molar-refractivity contribution in [2.75, 3.05) is 30.5 Å². The van der Waals surface area contributed by atoms with Gasteiger partial charge in [-0.05, 0) is 0 Å². The fourth-order valence-electron chi connectivity index (χ4n) is 1.66. The second-order valence-corrected chi connectivity index (χ2v) is 7.10. The molecule has 0 heterocycles. The number of nitrogens with zero attached hydrogens (tertiary/aromatic N) is 2. The van der Waals surface area contributed by atoms with Gasteiger partial charge in [-0.25, -0.2) is 13.2 Å². The third-order valence-electron chi connectivity index (χ3n) is 2.67. The van der Waals surface area contributed by atoms with E-state index in [1.807, 2.05) is 0 Å². The number of benzene rings is 1. The van der Waals surface area contributed by atoms with Gasteiger partial charge in [0.2, 0.25) is 0 Å². The van der Waals surface area contributed by atoms with E-state index < -0.39 is 26.4 Å². The van der Waals surface area contributed by atoms with Gasteiger partial charge < -0.3 is 10.0 Å². The molecule has 0 aromatic heterocycles. The molecule has 116 valence electrons. The minimum Gasteiger partial charge on any atom is -0.478 e. The molecular weight excluding hydrogens is 324 g/mol. The lowest BCUT2D eigenvalue weighted by Crippen LogP contribution is -2.26. The van der Waals surface area contributed by atoms with Crippen LogP contribution in [0.15, 0.2) is 12.1 Å². The maximum atomic E-state index is 11.2. The van der Waals surface area contributed by atoms with E-state index in [2.05, 4.69) is 0 Å². The van der Waals surface area contributed by atoms with Crippen molar-refractivity contribution in [3.63, 3.8) is 0 Å². The molecule has 1 aromatic rings. The SMILES string of the molecule is CN(CCS(C)(=O)=O)c1c(Cl)cc([N+](=O)[O-])cc1C(=O)O. The summed E-state index contributed by atoms with van der Waals surface area (Å²) in [6.07, 6.45) is 1.05. The lowest BCUT2D eigenvalue weighted by atomic mass is 10.1. The van der Waals surface area contributed by atoms with Crippen LogP contribution in [0.25, 0.3) is 0 Å². The first-order valence-electron chi connectivity index (χ1n) is 5.63. The molecule has 0 aliphatic carbocycles. The average Bonchev–Trinajstić information content (AvgIpc) is 2.33. The van der Waals surface area contributed by atoms with Crippen molar-refractivity contribution in [3.05, 3.63) is 32.8 Å². The zero-order chi connectivity index (χ0) is 16.4. The van der Waals surface area contributed by atoms with Gasteiger partial charge in [0.1, 0.15) is 9.84 Å². The molecule has 0 spiro atoms. The van der Waals surface area contributed by atoms with Crippen molar-refractivity contribution in [2.45, 2.75) is 0 Å². The number of rotatable bonds is 6. The van der Waals surface area contributed by atoms with Crippen molar-refractivity contribution in [2.24, 2.45) is 0 Å². The molecule has 10 heteroatoms. The molecule has 1 rings (SSSR count). The summed E-state index contributed by atoms with van der Waals surface area (Å²) >= 11 is 5.91. The Balaban J connectivity index is 3.28. The zero-order valence-corrected chi connectivity index (χ0v) is 12.8. The number of halogens is 1. The number of aromatic carboxylic acids is 1. The maximum absolute atomic E-state index is 11.2. The highest BCUT2D eigenvalue weighted by atomic mass is 35.5. The first-order chi connectivity index (χ1) is 9.53. The Morgan fingerprint density at radius 2 is 2.05 bits per heavy atom. The fraction of sp³-hybridized carbons (Fsp3) is 0.364. The molecule has 0 unspecified atom stereocenters. The molecule has 0 amide bonds. The van der Waals surface area contributed by atoms with E-state index in [1.54, 1.807) is 0 Å². The fourth-order valence-corrected chi connectivity index (χ4v) is 2.62. The van der Waals surface area contributed by atoms with E-state index in [0.29, 0.717) is 0 Å². The molecule has 0 bridgehead atoms. The smallest absolute Gasteiger partial charge is 0.338 e. The second-order valence-electron chi connectivity index (χ2n) is 4.44. The summed E-state index contributed by atoms with van der Waals surface area (Å²) < 4.78 is 22.3. The summed E-state index contributed by atoms with van der Waals surface area (Å²) in [5.41, 5.74) is -0.763. The van der Waals surface area contributed by atoms with Crippen LogP contribution < -0.4 is 4.90 Å². The lowest BCUT2D eigenvalue weighted by molar-refractivity contribution is -0.384. The standard InChI is InChI=1S/C11H13ClN2O6S/c1-13(3-4-21(2,19)20)10-8(11(15)16)5-7(14(17)18)6-9(10)12/h5-6H,3-4H2,1-2H3,(H,15,16). The van der Waals surface area contributed by atoms with E-state index >= 15 is 0 Å². The highest BCUT2D eigenvalue weighted by Gasteiger charge is 2.23.